The second-order valence-corrected chi connectivity index (χ2v) is 9.84. The number of anilines is 1. The third-order valence-corrected chi connectivity index (χ3v) is 5.80. The summed E-state index contributed by atoms with van der Waals surface area (Å²) in [5, 5.41) is 7.80. The first-order valence-electron chi connectivity index (χ1n) is 11.7. The fourth-order valence-electron chi connectivity index (χ4n) is 4.15. The molecule has 1 amide bonds. The lowest BCUT2D eigenvalue weighted by Crippen LogP contribution is -2.49. The van der Waals surface area contributed by atoms with E-state index in [9.17, 15) is 9.18 Å². The molecule has 0 spiro atoms. The number of alkyl carbamates (subject to hydrolysis) is 1. The average Bonchev–Trinajstić information content (AvgIpc) is 3.24. The summed E-state index contributed by atoms with van der Waals surface area (Å²) in [5.41, 5.74) is 2.66. The van der Waals surface area contributed by atoms with Crippen molar-refractivity contribution in [3.63, 3.8) is 0 Å². The summed E-state index contributed by atoms with van der Waals surface area (Å²) < 4.78 is 21.6. The van der Waals surface area contributed by atoms with Crippen LogP contribution >= 0.6 is 0 Å². The molecular formula is C27H30FN5O2. The lowest BCUT2D eigenvalue weighted by molar-refractivity contribution is 0.0500. The molecule has 1 saturated heterocycles. The zero-order chi connectivity index (χ0) is 25.2. The van der Waals surface area contributed by atoms with Crippen LogP contribution in [0.15, 0.2) is 48.5 Å². The van der Waals surface area contributed by atoms with Crippen molar-refractivity contribution < 1.29 is 13.9 Å². The maximum absolute atomic E-state index is 14.3. The topological polar surface area (TPSA) is 63.8 Å². The molecule has 2 heterocycles. The normalized spacial score (nSPS) is 16.0. The quantitative estimate of drug-likeness (QED) is 0.468. The van der Waals surface area contributed by atoms with E-state index < -0.39 is 17.5 Å². The van der Waals surface area contributed by atoms with Gasteiger partial charge in [-0.25, -0.2) is 18.7 Å². The van der Waals surface area contributed by atoms with E-state index in [4.69, 9.17) is 16.4 Å². The van der Waals surface area contributed by atoms with E-state index in [0.717, 1.165) is 36.5 Å². The number of amides is 1. The zero-order valence-corrected chi connectivity index (χ0v) is 20.5. The lowest BCUT2D eigenvalue weighted by Gasteiger charge is -2.35. The van der Waals surface area contributed by atoms with Gasteiger partial charge in [0.2, 0.25) is 5.69 Å². The highest BCUT2D eigenvalue weighted by molar-refractivity contribution is 5.69. The van der Waals surface area contributed by atoms with Crippen LogP contribution < -0.4 is 10.2 Å². The predicted octanol–water partition coefficient (Wildman–Crippen LogP) is 6.03. The minimum absolute atomic E-state index is 0.0148. The minimum atomic E-state index is -0.566. The molecular weight excluding hydrogens is 445 g/mol. The highest BCUT2D eigenvalue weighted by atomic mass is 19.1. The first kappa shape index (κ1) is 24.3. The van der Waals surface area contributed by atoms with Gasteiger partial charge in [0.25, 0.3) is 0 Å². The molecule has 0 radical (unpaired) electrons. The maximum Gasteiger partial charge on any atom is 0.407 e. The van der Waals surface area contributed by atoms with Gasteiger partial charge in [-0.3, -0.25) is 0 Å². The standard InChI is InChI=1S/C27H30FN5O2/c1-18-8-11-21(12-9-18)33-25(16-24(31-33)19-10-13-23(29-5)22(28)15-19)32-14-6-7-20(17-32)30-26(34)35-27(2,3)4/h8-13,15-16,20H,6-7,14,17H2,1-4H3,(H,30,34). The van der Waals surface area contributed by atoms with Gasteiger partial charge in [0.1, 0.15) is 17.2 Å². The molecule has 1 aliphatic heterocycles. The Hall–Kier alpha value is -3.86. The van der Waals surface area contributed by atoms with Crippen molar-refractivity contribution in [3.05, 3.63) is 71.3 Å². The van der Waals surface area contributed by atoms with Crippen molar-refractivity contribution in [1.82, 2.24) is 15.1 Å². The average molecular weight is 476 g/mol. The second kappa shape index (κ2) is 9.79. The van der Waals surface area contributed by atoms with E-state index in [-0.39, 0.29) is 11.7 Å². The Morgan fingerprint density at radius 1 is 1.20 bits per heavy atom. The van der Waals surface area contributed by atoms with Crippen molar-refractivity contribution in [3.8, 4) is 16.9 Å². The molecule has 35 heavy (non-hydrogen) atoms. The Labute approximate surface area is 205 Å². The van der Waals surface area contributed by atoms with Crippen molar-refractivity contribution in [2.45, 2.75) is 52.2 Å². The largest absolute Gasteiger partial charge is 0.444 e. The SMILES string of the molecule is [C-]#[N+]c1ccc(-c2cc(N3CCCC(NC(=O)OC(C)(C)C)C3)n(-c3ccc(C)cc3)n2)cc1F. The van der Waals surface area contributed by atoms with Crippen LogP contribution in [-0.4, -0.2) is 40.6 Å². The van der Waals surface area contributed by atoms with E-state index in [1.54, 1.807) is 6.07 Å². The zero-order valence-electron chi connectivity index (χ0n) is 20.5. The molecule has 1 aromatic heterocycles. The molecule has 1 fully saturated rings. The summed E-state index contributed by atoms with van der Waals surface area (Å²) in [5.74, 6) is 0.290. The molecule has 2 aromatic carbocycles. The number of carbonyl (C=O) groups excluding carboxylic acids is 1. The van der Waals surface area contributed by atoms with Crippen molar-refractivity contribution in [1.29, 1.82) is 0 Å². The smallest absolute Gasteiger partial charge is 0.407 e. The molecule has 4 rings (SSSR count). The summed E-state index contributed by atoms with van der Waals surface area (Å²) >= 11 is 0. The van der Waals surface area contributed by atoms with E-state index in [0.29, 0.717) is 17.8 Å². The molecule has 8 heteroatoms. The van der Waals surface area contributed by atoms with E-state index >= 15 is 0 Å². The maximum atomic E-state index is 14.3. The molecule has 1 aliphatic rings. The Morgan fingerprint density at radius 2 is 1.94 bits per heavy atom. The van der Waals surface area contributed by atoms with Gasteiger partial charge in [-0.2, -0.15) is 5.10 Å². The van der Waals surface area contributed by atoms with Crippen molar-refractivity contribution in [2.75, 3.05) is 18.0 Å². The number of nitrogens with one attached hydrogen (secondary N) is 1. The van der Waals surface area contributed by atoms with Gasteiger partial charge in [0, 0.05) is 30.8 Å². The molecule has 1 N–H and O–H groups in total. The number of aromatic nitrogens is 2. The number of ether oxygens (including phenoxy) is 1. The van der Waals surface area contributed by atoms with Gasteiger partial charge in [0.15, 0.2) is 0 Å². The molecule has 1 unspecified atom stereocenters. The lowest BCUT2D eigenvalue weighted by atomic mass is 10.1. The monoisotopic (exact) mass is 475 g/mol. The van der Waals surface area contributed by atoms with Gasteiger partial charge in [-0.15, -0.1) is 0 Å². The van der Waals surface area contributed by atoms with Crippen LogP contribution in [0.3, 0.4) is 0 Å². The minimum Gasteiger partial charge on any atom is -0.444 e. The molecule has 7 nitrogen and oxygen atoms in total. The number of aryl methyl sites for hydroxylation is 1. The van der Waals surface area contributed by atoms with Crippen LogP contribution in [0.2, 0.25) is 0 Å². The summed E-state index contributed by atoms with van der Waals surface area (Å²) in [6.45, 7) is 16.0. The van der Waals surface area contributed by atoms with E-state index in [1.165, 1.54) is 12.1 Å². The summed E-state index contributed by atoms with van der Waals surface area (Å²) in [6.07, 6.45) is 1.32. The number of piperidine rings is 1. The van der Waals surface area contributed by atoms with E-state index in [1.807, 2.05) is 62.7 Å². The number of nitrogens with zero attached hydrogens (tertiary/aromatic N) is 4. The second-order valence-electron chi connectivity index (χ2n) is 9.84. The molecule has 0 saturated carbocycles. The Bertz CT molecular complexity index is 1250. The van der Waals surface area contributed by atoms with Crippen LogP contribution in [0.25, 0.3) is 21.8 Å². The van der Waals surface area contributed by atoms with Gasteiger partial charge >= 0.3 is 6.09 Å². The molecule has 182 valence electrons. The van der Waals surface area contributed by atoms with Crippen LogP contribution in [0, 0.1) is 19.3 Å². The number of rotatable bonds is 4. The number of hydrogen-bond donors (Lipinski definition) is 1. The van der Waals surface area contributed by atoms with E-state index in [2.05, 4.69) is 15.1 Å². The Kier molecular flexibility index (Phi) is 6.79. The summed E-state index contributed by atoms with van der Waals surface area (Å²) in [7, 11) is 0. The molecule has 1 atom stereocenters. The van der Waals surface area contributed by atoms with Gasteiger partial charge < -0.3 is 15.0 Å². The van der Waals surface area contributed by atoms with Crippen molar-refractivity contribution in [2.24, 2.45) is 0 Å². The van der Waals surface area contributed by atoms with Gasteiger partial charge in [-0.1, -0.05) is 29.8 Å². The summed E-state index contributed by atoms with van der Waals surface area (Å²) in [6, 6.07) is 14.4. The summed E-state index contributed by atoms with van der Waals surface area (Å²) in [4.78, 5) is 17.7. The van der Waals surface area contributed by atoms with Crippen molar-refractivity contribution >= 4 is 17.6 Å². The first-order chi connectivity index (χ1) is 16.6. The van der Waals surface area contributed by atoms with Crippen LogP contribution in [0.5, 0.6) is 0 Å². The predicted molar refractivity (Wildman–Crippen MR) is 135 cm³/mol. The molecule has 0 bridgehead atoms. The highest BCUT2D eigenvalue weighted by Crippen LogP contribution is 2.31. The molecule has 0 aliphatic carbocycles. The third-order valence-electron chi connectivity index (χ3n) is 5.80. The van der Waals surface area contributed by atoms with Gasteiger partial charge in [-0.05, 0) is 58.7 Å². The number of benzene rings is 2. The molecule has 3 aromatic rings. The fraction of sp³-hybridized carbons (Fsp3) is 0.370. The first-order valence-corrected chi connectivity index (χ1v) is 11.7. The third kappa shape index (κ3) is 5.80. The number of hydrogen-bond acceptors (Lipinski definition) is 4. The van der Waals surface area contributed by atoms with Crippen LogP contribution in [-0.2, 0) is 4.74 Å². The fourth-order valence-corrected chi connectivity index (χ4v) is 4.15. The van der Waals surface area contributed by atoms with Crippen LogP contribution in [0.1, 0.15) is 39.2 Å². The number of carbonyl (C=O) groups is 1. The van der Waals surface area contributed by atoms with Crippen LogP contribution in [0.4, 0.5) is 20.7 Å². The highest BCUT2D eigenvalue weighted by Gasteiger charge is 2.27. The Balaban J connectivity index is 1.66. The van der Waals surface area contributed by atoms with Gasteiger partial charge in [0.05, 0.1) is 18.0 Å². The number of halogens is 1. The Morgan fingerprint density at radius 3 is 2.60 bits per heavy atom.